The zero-order valence-electron chi connectivity index (χ0n) is 9.95. The highest BCUT2D eigenvalue weighted by Gasteiger charge is 2.08. The number of imide groups is 1. The third-order valence-corrected chi connectivity index (χ3v) is 2.16. The molecule has 4 nitrogen and oxygen atoms in total. The van der Waals surface area contributed by atoms with E-state index in [2.05, 4.69) is 11.9 Å². The summed E-state index contributed by atoms with van der Waals surface area (Å²) in [4.78, 5) is 22.7. The summed E-state index contributed by atoms with van der Waals surface area (Å²) >= 11 is 0. The maximum Gasteiger partial charge on any atom is 0.252 e. The van der Waals surface area contributed by atoms with Gasteiger partial charge >= 0.3 is 0 Å². The Morgan fingerprint density at radius 1 is 1.29 bits per heavy atom. The fraction of sp³-hybridized carbons (Fsp3) is 0.231. The van der Waals surface area contributed by atoms with E-state index in [4.69, 9.17) is 4.74 Å². The van der Waals surface area contributed by atoms with Crippen molar-refractivity contribution in [2.24, 2.45) is 0 Å². The molecule has 4 heteroatoms. The topological polar surface area (TPSA) is 55.4 Å². The number of benzene rings is 1. The van der Waals surface area contributed by atoms with Crippen molar-refractivity contribution in [2.45, 2.75) is 13.3 Å². The summed E-state index contributed by atoms with van der Waals surface area (Å²) in [5.74, 6) is -0.0566. The minimum absolute atomic E-state index is 0.156. The van der Waals surface area contributed by atoms with E-state index in [9.17, 15) is 9.59 Å². The van der Waals surface area contributed by atoms with Crippen LogP contribution < -0.4 is 10.1 Å². The lowest BCUT2D eigenvalue weighted by Crippen LogP contribution is -2.31. The van der Waals surface area contributed by atoms with Gasteiger partial charge in [0.1, 0.15) is 5.75 Å². The minimum atomic E-state index is -0.441. The number of carbonyl (C=O) groups excluding carboxylic acids is 2. The number of carbonyl (C=O) groups is 2. The van der Waals surface area contributed by atoms with Crippen LogP contribution in [-0.4, -0.2) is 18.9 Å². The molecule has 2 amide bonds. The minimum Gasteiger partial charge on any atom is -0.497 e. The summed E-state index contributed by atoms with van der Waals surface area (Å²) in [6.07, 6.45) is 0.156. The van der Waals surface area contributed by atoms with Crippen LogP contribution in [0.1, 0.15) is 12.5 Å². The summed E-state index contributed by atoms with van der Waals surface area (Å²) in [5, 5.41) is 2.25. The van der Waals surface area contributed by atoms with Gasteiger partial charge in [0.25, 0.3) is 5.91 Å². The van der Waals surface area contributed by atoms with Crippen LogP contribution in [0.5, 0.6) is 5.75 Å². The lowest BCUT2D eigenvalue weighted by Gasteiger charge is -2.04. The molecule has 0 aliphatic heterocycles. The number of ether oxygens (including phenoxy) is 1. The molecule has 0 spiro atoms. The maximum atomic E-state index is 11.5. The molecule has 0 radical (unpaired) electrons. The van der Waals surface area contributed by atoms with Crippen LogP contribution in [0.4, 0.5) is 0 Å². The molecule has 0 heterocycles. The van der Waals surface area contributed by atoms with Gasteiger partial charge in [-0.15, -0.1) is 0 Å². The first-order valence-electron chi connectivity index (χ1n) is 5.15. The normalized spacial score (nSPS) is 9.53. The summed E-state index contributed by atoms with van der Waals surface area (Å²) < 4.78 is 5.00. The van der Waals surface area contributed by atoms with Gasteiger partial charge in [-0.1, -0.05) is 18.7 Å². The van der Waals surface area contributed by atoms with Gasteiger partial charge in [0, 0.05) is 5.57 Å². The molecule has 1 aromatic carbocycles. The quantitative estimate of drug-likeness (QED) is 0.801. The fourth-order valence-corrected chi connectivity index (χ4v) is 1.21. The van der Waals surface area contributed by atoms with Crippen LogP contribution in [0.2, 0.25) is 0 Å². The lowest BCUT2D eigenvalue weighted by atomic mass is 10.1. The van der Waals surface area contributed by atoms with Crippen LogP contribution in [0.25, 0.3) is 0 Å². The number of hydrogen-bond donors (Lipinski definition) is 1. The number of amides is 2. The Kier molecular flexibility index (Phi) is 4.46. The SMILES string of the molecule is C=C(C)C(=O)NC(=O)Cc1ccc(OC)cc1. The van der Waals surface area contributed by atoms with E-state index in [0.29, 0.717) is 5.57 Å². The van der Waals surface area contributed by atoms with Gasteiger partial charge in [-0.25, -0.2) is 0 Å². The van der Waals surface area contributed by atoms with E-state index in [1.165, 1.54) is 0 Å². The van der Waals surface area contributed by atoms with Gasteiger partial charge in [-0.05, 0) is 24.6 Å². The molecule has 0 fully saturated rings. The zero-order chi connectivity index (χ0) is 12.8. The van der Waals surface area contributed by atoms with E-state index in [1.54, 1.807) is 38.3 Å². The number of hydrogen-bond acceptors (Lipinski definition) is 3. The van der Waals surface area contributed by atoms with Crippen molar-refractivity contribution in [3.05, 3.63) is 42.0 Å². The van der Waals surface area contributed by atoms with Crippen LogP contribution in [0, 0.1) is 0 Å². The molecular formula is C13H15NO3. The van der Waals surface area contributed by atoms with Crippen molar-refractivity contribution in [1.82, 2.24) is 5.32 Å². The van der Waals surface area contributed by atoms with Crippen molar-refractivity contribution >= 4 is 11.8 Å². The highest BCUT2D eigenvalue weighted by molar-refractivity contribution is 6.03. The van der Waals surface area contributed by atoms with Crippen molar-refractivity contribution < 1.29 is 14.3 Å². The van der Waals surface area contributed by atoms with Crippen molar-refractivity contribution in [3.8, 4) is 5.75 Å². The monoisotopic (exact) mass is 233 g/mol. The molecule has 0 bridgehead atoms. The van der Waals surface area contributed by atoms with Crippen molar-refractivity contribution in [2.75, 3.05) is 7.11 Å². The average Bonchev–Trinajstić information content (AvgIpc) is 2.29. The molecule has 0 aromatic heterocycles. The molecule has 1 N–H and O–H groups in total. The van der Waals surface area contributed by atoms with Gasteiger partial charge in [0.2, 0.25) is 5.91 Å². The molecule has 0 aliphatic carbocycles. The molecule has 17 heavy (non-hydrogen) atoms. The van der Waals surface area contributed by atoms with Gasteiger partial charge < -0.3 is 4.74 Å². The summed E-state index contributed by atoms with van der Waals surface area (Å²) in [7, 11) is 1.58. The highest BCUT2D eigenvalue weighted by atomic mass is 16.5. The lowest BCUT2D eigenvalue weighted by molar-refractivity contribution is -0.128. The van der Waals surface area contributed by atoms with Crippen molar-refractivity contribution in [3.63, 3.8) is 0 Å². The van der Waals surface area contributed by atoms with E-state index in [-0.39, 0.29) is 12.3 Å². The molecule has 0 saturated carbocycles. The van der Waals surface area contributed by atoms with Crippen LogP contribution in [0.3, 0.4) is 0 Å². The smallest absolute Gasteiger partial charge is 0.252 e. The predicted molar refractivity (Wildman–Crippen MR) is 64.7 cm³/mol. The van der Waals surface area contributed by atoms with E-state index in [1.807, 2.05) is 0 Å². The van der Waals surface area contributed by atoms with E-state index >= 15 is 0 Å². The number of nitrogens with one attached hydrogen (secondary N) is 1. The highest BCUT2D eigenvalue weighted by Crippen LogP contribution is 2.11. The van der Waals surface area contributed by atoms with Crippen molar-refractivity contribution in [1.29, 1.82) is 0 Å². The van der Waals surface area contributed by atoms with E-state index in [0.717, 1.165) is 11.3 Å². The fourth-order valence-electron chi connectivity index (χ4n) is 1.21. The molecule has 0 atom stereocenters. The largest absolute Gasteiger partial charge is 0.497 e. The Bertz CT molecular complexity index is 434. The summed E-state index contributed by atoms with van der Waals surface area (Å²) in [5.41, 5.74) is 1.13. The Balaban J connectivity index is 2.56. The first-order valence-corrected chi connectivity index (χ1v) is 5.15. The summed E-state index contributed by atoms with van der Waals surface area (Å²) in [6.45, 7) is 5.01. The Labute approximate surface area is 100 Å². The second-order valence-electron chi connectivity index (χ2n) is 3.68. The first-order chi connectivity index (χ1) is 8.02. The summed E-state index contributed by atoms with van der Waals surface area (Å²) in [6, 6.07) is 7.10. The Morgan fingerprint density at radius 3 is 2.35 bits per heavy atom. The zero-order valence-corrected chi connectivity index (χ0v) is 9.95. The van der Waals surface area contributed by atoms with Crippen LogP contribution in [0.15, 0.2) is 36.4 Å². The standard InChI is InChI=1S/C13H15NO3/c1-9(2)13(16)14-12(15)8-10-4-6-11(17-3)7-5-10/h4-7H,1,8H2,2-3H3,(H,14,15,16). The second kappa shape index (κ2) is 5.84. The molecule has 1 aromatic rings. The molecule has 0 saturated heterocycles. The van der Waals surface area contributed by atoms with Gasteiger partial charge in [0.05, 0.1) is 13.5 Å². The van der Waals surface area contributed by atoms with Gasteiger partial charge in [-0.2, -0.15) is 0 Å². The Hall–Kier alpha value is -2.10. The van der Waals surface area contributed by atoms with Gasteiger partial charge in [-0.3, -0.25) is 14.9 Å². The Morgan fingerprint density at radius 2 is 1.88 bits per heavy atom. The first kappa shape index (κ1) is 13.0. The van der Waals surface area contributed by atoms with Gasteiger partial charge in [0.15, 0.2) is 0 Å². The molecule has 90 valence electrons. The van der Waals surface area contributed by atoms with Crippen LogP contribution >= 0.6 is 0 Å². The maximum absolute atomic E-state index is 11.5. The average molecular weight is 233 g/mol. The van der Waals surface area contributed by atoms with E-state index < -0.39 is 5.91 Å². The van der Waals surface area contributed by atoms with Crippen LogP contribution in [-0.2, 0) is 16.0 Å². The molecule has 0 unspecified atom stereocenters. The third-order valence-electron chi connectivity index (χ3n) is 2.16. The number of methoxy groups -OCH3 is 1. The third kappa shape index (κ3) is 4.10. The number of rotatable bonds is 4. The molecule has 0 aliphatic rings. The predicted octanol–water partition coefficient (Wildman–Crippen LogP) is 1.46. The molecular weight excluding hydrogens is 218 g/mol. The molecule has 1 rings (SSSR count). The second-order valence-corrected chi connectivity index (χ2v) is 3.68.